The van der Waals surface area contributed by atoms with Gasteiger partial charge in [0.15, 0.2) is 0 Å². The first-order chi connectivity index (χ1) is 7.71. The first-order valence-electron chi connectivity index (χ1n) is 5.69. The number of carbonyl (C=O) groups is 1. The summed E-state index contributed by atoms with van der Waals surface area (Å²) in [5, 5.41) is 0. The van der Waals surface area contributed by atoms with Crippen molar-refractivity contribution in [3.63, 3.8) is 0 Å². The summed E-state index contributed by atoms with van der Waals surface area (Å²) in [6, 6.07) is 0. The molecule has 0 aliphatic carbocycles. The zero-order valence-corrected chi connectivity index (χ0v) is 11.5. The molecule has 0 saturated heterocycles. The van der Waals surface area contributed by atoms with Gasteiger partial charge in [0.2, 0.25) is 0 Å². The van der Waals surface area contributed by atoms with Crippen LogP contribution in [0.3, 0.4) is 0 Å². The molecule has 17 heavy (non-hydrogen) atoms. The van der Waals surface area contributed by atoms with Crippen molar-refractivity contribution in [2.24, 2.45) is 5.92 Å². The monoisotopic (exact) mass is 238 g/mol. The maximum absolute atomic E-state index is 11.6. The van der Waals surface area contributed by atoms with E-state index < -0.39 is 17.9 Å². The summed E-state index contributed by atoms with van der Waals surface area (Å²) in [5.41, 5.74) is 0.353. The molecule has 3 nitrogen and oxygen atoms in total. The molecule has 3 heteroatoms. The van der Waals surface area contributed by atoms with Gasteiger partial charge in [0.25, 0.3) is 0 Å². The van der Waals surface area contributed by atoms with E-state index in [0.717, 1.165) is 5.57 Å². The lowest BCUT2D eigenvalue weighted by molar-refractivity contribution is -0.0253. The zero-order valence-electron chi connectivity index (χ0n) is 11.5. The average molecular weight is 238 g/mol. The second kappa shape index (κ2) is 6.34. The Hall–Kier alpha value is -1.43. The van der Waals surface area contributed by atoms with Gasteiger partial charge >= 0.3 is 6.16 Å². The highest BCUT2D eigenvalue weighted by atomic mass is 16.7. The standard InChI is InChI=1S/C14H22O3/c1-8-10(3)12(11(4)9-2)16-13(15)17-14(5,6)7/h1,9-10,12H,2-7H3/b11-9+/t10?,12-/m1/s1. The van der Waals surface area contributed by atoms with Gasteiger partial charge in [-0.2, -0.15) is 0 Å². The number of allylic oxidation sites excluding steroid dienone is 1. The van der Waals surface area contributed by atoms with Gasteiger partial charge in [-0.3, -0.25) is 0 Å². The molecule has 0 bridgehead atoms. The van der Waals surface area contributed by atoms with E-state index in [4.69, 9.17) is 15.9 Å². The molecule has 0 N–H and O–H groups in total. The van der Waals surface area contributed by atoms with Crippen LogP contribution in [0.5, 0.6) is 0 Å². The molecule has 0 rings (SSSR count). The average Bonchev–Trinajstić information content (AvgIpc) is 2.21. The summed E-state index contributed by atoms with van der Waals surface area (Å²) in [6.45, 7) is 11.0. The minimum absolute atomic E-state index is 0.182. The first-order valence-corrected chi connectivity index (χ1v) is 5.69. The van der Waals surface area contributed by atoms with Crippen LogP contribution in [0.1, 0.15) is 41.5 Å². The van der Waals surface area contributed by atoms with Gasteiger partial charge in [0.1, 0.15) is 11.7 Å². The quantitative estimate of drug-likeness (QED) is 0.428. The maximum atomic E-state index is 11.6. The number of rotatable bonds is 3. The molecule has 2 atom stereocenters. The molecule has 0 amide bonds. The predicted octanol–water partition coefficient (Wildman–Crippen LogP) is 3.54. The normalized spacial score (nSPS) is 15.7. The van der Waals surface area contributed by atoms with Crippen molar-refractivity contribution < 1.29 is 14.3 Å². The molecule has 0 aliphatic rings. The Kier molecular flexibility index (Phi) is 5.81. The largest absolute Gasteiger partial charge is 0.509 e. The topological polar surface area (TPSA) is 35.5 Å². The summed E-state index contributed by atoms with van der Waals surface area (Å²) >= 11 is 0. The Morgan fingerprint density at radius 2 is 1.94 bits per heavy atom. The molecule has 0 radical (unpaired) electrons. The summed E-state index contributed by atoms with van der Waals surface area (Å²) in [6.07, 6.45) is 6.12. The molecule has 1 unspecified atom stereocenters. The molecule has 0 fully saturated rings. The molecule has 96 valence electrons. The third-order valence-electron chi connectivity index (χ3n) is 2.23. The van der Waals surface area contributed by atoms with E-state index in [1.165, 1.54) is 0 Å². The second-order valence-electron chi connectivity index (χ2n) is 4.99. The Morgan fingerprint density at radius 3 is 2.29 bits per heavy atom. The molecule has 0 aromatic heterocycles. The van der Waals surface area contributed by atoms with E-state index in [1.807, 2.05) is 26.8 Å². The molecular formula is C14H22O3. The van der Waals surface area contributed by atoms with Crippen LogP contribution in [0.25, 0.3) is 0 Å². The third-order valence-corrected chi connectivity index (χ3v) is 2.23. The fourth-order valence-electron chi connectivity index (χ4n) is 1.22. The molecule has 0 heterocycles. The summed E-state index contributed by atoms with van der Waals surface area (Å²) in [4.78, 5) is 11.6. The van der Waals surface area contributed by atoms with E-state index in [1.54, 1.807) is 20.8 Å². The van der Waals surface area contributed by atoms with Gasteiger partial charge in [-0.25, -0.2) is 4.79 Å². The van der Waals surface area contributed by atoms with Crippen molar-refractivity contribution in [3.8, 4) is 12.3 Å². The summed E-state index contributed by atoms with van der Waals surface area (Å²) in [5.74, 6) is 2.39. The fraction of sp³-hybridized carbons (Fsp3) is 0.643. The van der Waals surface area contributed by atoms with Crippen LogP contribution in [-0.4, -0.2) is 17.9 Å². The number of hydrogen-bond acceptors (Lipinski definition) is 3. The molecule has 0 aromatic rings. The highest BCUT2D eigenvalue weighted by Gasteiger charge is 2.25. The minimum atomic E-state index is -0.689. The first kappa shape index (κ1) is 15.6. The van der Waals surface area contributed by atoms with Crippen LogP contribution in [0, 0.1) is 18.3 Å². The van der Waals surface area contributed by atoms with E-state index >= 15 is 0 Å². The third kappa shape index (κ3) is 6.01. The van der Waals surface area contributed by atoms with E-state index in [9.17, 15) is 4.79 Å². The summed E-state index contributed by atoms with van der Waals surface area (Å²) < 4.78 is 10.4. The number of terminal acetylenes is 1. The van der Waals surface area contributed by atoms with Gasteiger partial charge in [-0.05, 0) is 47.1 Å². The smallest absolute Gasteiger partial charge is 0.429 e. The van der Waals surface area contributed by atoms with Crippen LogP contribution >= 0.6 is 0 Å². The SMILES string of the molecule is C#CC(C)[C@@H](OC(=O)OC(C)(C)C)/C(C)=C/C. The molecule has 0 aliphatic heterocycles. The van der Waals surface area contributed by atoms with Crippen molar-refractivity contribution in [1.82, 2.24) is 0 Å². The van der Waals surface area contributed by atoms with Gasteiger partial charge in [-0.15, -0.1) is 6.42 Å². The maximum Gasteiger partial charge on any atom is 0.509 e. The van der Waals surface area contributed by atoms with E-state index in [-0.39, 0.29) is 5.92 Å². The lowest BCUT2D eigenvalue weighted by atomic mass is 9.99. The number of ether oxygens (including phenoxy) is 2. The van der Waals surface area contributed by atoms with Crippen LogP contribution in [0.15, 0.2) is 11.6 Å². The minimum Gasteiger partial charge on any atom is -0.429 e. The molecule has 0 saturated carbocycles. The summed E-state index contributed by atoms with van der Waals surface area (Å²) in [7, 11) is 0. The predicted molar refractivity (Wildman–Crippen MR) is 68.5 cm³/mol. The van der Waals surface area contributed by atoms with Crippen molar-refractivity contribution in [1.29, 1.82) is 0 Å². The zero-order chi connectivity index (χ0) is 13.6. The number of carbonyl (C=O) groups excluding carboxylic acids is 1. The molecule has 0 spiro atoms. The lowest BCUT2D eigenvalue weighted by Crippen LogP contribution is -2.31. The van der Waals surface area contributed by atoms with Crippen molar-refractivity contribution in [3.05, 3.63) is 11.6 Å². The Morgan fingerprint density at radius 1 is 1.41 bits per heavy atom. The van der Waals surface area contributed by atoms with Crippen molar-refractivity contribution in [2.45, 2.75) is 53.2 Å². The van der Waals surface area contributed by atoms with Crippen LogP contribution in [0.4, 0.5) is 4.79 Å². The molecule has 0 aromatic carbocycles. The second-order valence-corrected chi connectivity index (χ2v) is 4.99. The highest BCUT2D eigenvalue weighted by molar-refractivity contribution is 5.61. The van der Waals surface area contributed by atoms with Gasteiger partial charge in [-0.1, -0.05) is 12.0 Å². The van der Waals surface area contributed by atoms with Crippen molar-refractivity contribution >= 4 is 6.16 Å². The molecular weight excluding hydrogens is 216 g/mol. The van der Waals surface area contributed by atoms with Gasteiger partial charge in [0.05, 0.1) is 5.92 Å². The Labute approximate surface area is 104 Å². The highest BCUT2D eigenvalue weighted by Crippen LogP contribution is 2.18. The van der Waals surface area contributed by atoms with Crippen LogP contribution in [0.2, 0.25) is 0 Å². The van der Waals surface area contributed by atoms with Crippen LogP contribution < -0.4 is 0 Å². The van der Waals surface area contributed by atoms with E-state index in [2.05, 4.69) is 5.92 Å². The van der Waals surface area contributed by atoms with Crippen LogP contribution in [-0.2, 0) is 9.47 Å². The Bertz CT molecular complexity index is 328. The van der Waals surface area contributed by atoms with Gasteiger partial charge in [0, 0.05) is 0 Å². The van der Waals surface area contributed by atoms with Gasteiger partial charge < -0.3 is 9.47 Å². The van der Waals surface area contributed by atoms with Crippen molar-refractivity contribution in [2.75, 3.05) is 0 Å². The van der Waals surface area contributed by atoms with E-state index in [0.29, 0.717) is 0 Å². The number of hydrogen-bond donors (Lipinski definition) is 0. The lowest BCUT2D eigenvalue weighted by Gasteiger charge is -2.24. The fourth-order valence-corrected chi connectivity index (χ4v) is 1.22. The Balaban J connectivity index is 4.68.